The molecule has 5 nitrogen and oxygen atoms in total. The van der Waals surface area contributed by atoms with Crippen LogP contribution in [0.25, 0.3) is 0 Å². The van der Waals surface area contributed by atoms with E-state index in [4.69, 9.17) is 0 Å². The first-order valence-corrected chi connectivity index (χ1v) is 8.12. The van der Waals surface area contributed by atoms with Crippen molar-refractivity contribution in [3.05, 3.63) is 0 Å². The van der Waals surface area contributed by atoms with Gasteiger partial charge >= 0.3 is 0 Å². The van der Waals surface area contributed by atoms with Crippen molar-refractivity contribution >= 4 is 15.8 Å². The van der Waals surface area contributed by atoms with E-state index in [2.05, 4.69) is 22.5 Å². The van der Waals surface area contributed by atoms with E-state index in [1.54, 1.807) is 0 Å². The van der Waals surface area contributed by atoms with Crippen molar-refractivity contribution in [2.24, 2.45) is 10.9 Å². The number of nitrogens with zero attached hydrogens (tertiary/aromatic N) is 1. The SMILES string of the molecule is CC1CN=C(NCCC2CCS(=O)(=O)CC2)N1. The summed E-state index contributed by atoms with van der Waals surface area (Å²) in [5.74, 6) is 2.17. The lowest BCUT2D eigenvalue weighted by molar-refractivity contribution is 0.434. The average molecular weight is 259 g/mol. The zero-order valence-corrected chi connectivity index (χ0v) is 11.1. The fourth-order valence-corrected chi connectivity index (χ4v) is 3.87. The minimum absolute atomic E-state index is 0.369. The van der Waals surface area contributed by atoms with Gasteiger partial charge in [-0.2, -0.15) is 0 Å². The summed E-state index contributed by atoms with van der Waals surface area (Å²) in [5.41, 5.74) is 0. The van der Waals surface area contributed by atoms with Gasteiger partial charge in [0.25, 0.3) is 0 Å². The molecular formula is C11H21N3O2S. The molecule has 0 amide bonds. The summed E-state index contributed by atoms with van der Waals surface area (Å²) in [6.07, 6.45) is 2.67. The van der Waals surface area contributed by atoms with Crippen molar-refractivity contribution in [2.45, 2.75) is 32.2 Å². The van der Waals surface area contributed by atoms with E-state index in [-0.39, 0.29) is 0 Å². The molecule has 1 saturated heterocycles. The molecule has 1 fully saturated rings. The van der Waals surface area contributed by atoms with Crippen molar-refractivity contribution in [3.8, 4) is 0 Å². The largest absolute Gasteiger partial charge is 0.356 e. The molecule has 1 atom stereocenters. The Hall–Kier alpha value is -0.780. The fourth-order valence-electron chi connectivity index (χ4n) is 2.28. The number of guanidine groups is 1. The van der Waals surface area contributed by atoms with Crippen LogP contribution in [0.15, 0.2) is 4.99 Å². The van der Waals surface area contributed by atoms with Crippen molar-refractivity contribution in [3.63, 3.8) is 0 Å². The van der Waals surface area contributed by atoms with Gasteiger partial charge in [0, 0.05) is 12.6 Å². The molecule has 17 heavy (non-hydrogen) atoms. The summed E-state index contributed by atoms with van der Waals surface area (Å²) in [6, 6.07) is 0.428. The topological polar surface area (TPSA) is 70.6 Å². The number of nitrogens with one attached hydrogen (secondary N) is 2. The second kappa shape index (κ2) is 5.25. The molecule has 0 saturated carbocycles. The molecular weight excluding hydrogens is 238 g/mol. The Balaban J connectivity index is 1.63. The van der Waals surface area contributed by atoms with Crippen LogP contribution in [0.1, 0.15) is 26.2 Å². The zero-order chi connectivity index (χ0) is 12.3. The van der Waals surface area contributed by atoms with Crippen LogP contribution < -0.4 is 10.6 Å². The van der Waals surface area contributed by atoms with Gasteiger partial charge in [0.1, 0.15) is 9.84 Å². The molecule has 0 aliphatic carbocycles. The molecule has 0 aromatic rings. The highest BCUT2D eigenvalue weighted by atomic mass is 32.2. The van der Waals surface area contributed by atoms with Crippen LogP contribution in [-0.2, 0) is 9.84 Å². The van der Waals surface area contributed by atoms with E-state index < -0.39 is 9.84 Å². The first-order valence-electron chi connectivity index (χ1n) is 6.30. The Bertz CT molecular complexity index is 378. The summed E-state index contributed by atoms with van der Waals surface area (Å²) < 4.78 is 22.5. The van der Waals surface area contributed by atoms with Crippen molar-refractivity contribution in [1.29, 1.82) is 0 Å². The standard InChI is InChI=1S/C11H21N3O2S/c1-9-8-13-11(14-9)12-5-2-10-3-6-17(15,16)7-4-10/h9-10H,2-8H2,1H3,(H2,12,13,14). The molecule has 2 aliphatic rings. The number of sulfone groups is 1. The Kier molecular flexibility index (Phi) is 3.91. The van der Waals surface area contributed by atoms with Gasteiger partial charge in [0.05, 0.1) is 18.1 Å². The third-order valence-corrected chi connectivity index (χ3v) is 5.14. The molecule has 0 aromatic carbocycles. The Morgan fingerprint density at radius 2 is 2.12 bits per heavy atom. The molecule has 0 radical (unpaired) electrons. The van der Waals surface area contributed by atoms with Gasteiger partial charge in [-0.3, -0.25) is 4.99 Å². The minimum Gasteiger partial charge on any atom is -0.356 e. The maximum absolute atomic E-state index is 11.3. The summed E-state index contributed by atoms with van der Waals surface area (Å²) in [7, 11) is -2.72. The van der Waals surface area contributed by atoms with E-state index in [0.29, 0.717) is 23.5 Å². The van der Waals surface area contributed by atoms with E-state index in [0.717, 1.165) is 38.3 Å². The lowest BCUT2D eigenvalue weighted by Gasteiger charge is -2.22. The molecule has 6 heteroatoms. The summed E-state index contributed by atoms with van der Waals surface area (Å²) in [4.78, 5) is 4.32. The molecule has 2 aliphatic heterocycles. The second-order valence-corrected chi connectivity index (χ2v) is 7.35. The highest BCUT2D eigenvalue weighted by Crippen LogP contribution is 2.21. The minimum atomic E-state index is -2.72. The number of hydrogen-bond donors (Lipinski definition) is 2. The van der Waals surface area contributed by atoms with Gasteiger partial charge in [-0.15, -0.1) is 0 Å². The van der Waals surface area contributed by atoms with Gasteiger partial charge in [-0.25, -0.2) is 8.42 Å². The smallest absolute Gasteiger partial charge is 0.191 e. The van der Waals surface area contributed by atoms with Crippen LogP contribution in [0.2, 0.25) is 0 Å². The predicted molar refractivity (Wildman–Crippen MR) is 68.9 cm³/mol. The number of rotatable bonds is 3. The highest BCUT2D eigenvalue weighted by molar-refractivity contribution is 7.91. The molecule has 0 bridgehead atoms. The van der Waals surface area contributed by atoms with Crippen molar-refractivity contribution in [1.82, 2.24) is 10.6 Å². The van der Waals surface area contributed by atoms with Crippen molar-refractivity contribution in [2.75, 3.05) is 24.6 Å². The number of hydrogen-bond acceptors (Lipinski definition) is 5. The summed E-state index contributed by atoms with van der Waals surface area (Å²) in [5, 5.41) is 6.52. The second-order valence-electron chi connectivity index (χ2n) is 5.05. The average Bonchev–Trinajstić information content (AvgIpc) is 2.67. The van der Waals surface area contributed by atoms with E-state index in [1.165, 1.54) is 0 Å². The zero-order valence-electron chi connectivity index (χ0n) is 10.3. The molecule has 2 heterocycles. The van der Waals surface area contributed by atoms with Gasteiger partial charge in [-0.05, 0) is 32.1 Å². The van der Waals surface area contributed by atoms with E-state index in [9.17, 15) is 8.42 Å². The van der Waals surface area contributed by atoms with Crippen LogP contribution >= 0.6 is 0 Å². The maximum Gasteiger partial charge on any atom is 0.191 e. The Morgan fingerprint density at radius 3 is 2.71 bits per heavy atom. The fraction of sp³-hybridized carbons (Fsp3) is 0.909. The normalized spacial score (nSPS) is 28.5. The van der Waals surface area contributed by atoms with Gasteiger partial charge < -0.3 is 10.6 Å². The molecule has 0 spiro atoms. The van der Waals surface area contributed by atoms with E-state index in [1.807, 2.05) is 0 Å². The van der Waals surface area contributed by atoms with Crippen LogP contribution in [-0.4, -0.2) is 45.0 Å². The van der Waals surface area contributed by atoms with E-state index >= 15 is 0 Å². The van der Waals surface area contributed by atoms with Gasteiger partial charge in [0.2, 0.25) is 0 Å². The lowest BCUT2D eigenvalue weighted by atomic mass is 9.99. The van der Waals surface area contributed by atoms with Gasteiger partial charge in [0.15, 0.2) is 5.96 Å². The quantitative estimate of drug-likeness (QED) is 0.756. The molecule has 1 unspecified atom stereocenters. The number of aliphatic imine (C=N–C) groups is 1. The Labute approximate surface area is 103 Å². The summed E-state index contributed by atoms with van der Waals surface area (Å²) >= 11 is 0. The predicted octanol–water partition coefficient (Wildman–Crippen LogP) is 0.139. The first-order chi connectivity index (χ1) is 8.05. The van der Waals surface area contributed by atoms with Crippen molar-refractivity contribution < 1.29 is 8.42 Å². The van der Waals surface area contributed by atoms with Gasteiger partial charge in [-0.1, -0.05) is 0 Å². The third-order valence-electron chi connectivity index (χ3n) is 3.43. The maximum atomic E-state index is 11.3. The molecule has 2 N–H and O–H groups in total. The molecule has 0 aromatic heterocycles. The van der Waals surface area contributed by atoms with Crippen LogP contribution in [0.3, 0.4) is 0 Å². The first kappa shape index (κ1) is 12.7. The monoisotopic (exact) mass is 259 g/mol. The third kappa shape index (κ3) is 3.87. The van der Waals surface area contributed by atoms with Crippen LogP contribution in [0.4, 0.5) is 0 Å². The molecule has 2 rings (SSSR count). The Morgan fingerprint density at radius 1 is 1.41 bits per heavy atom. The highest BCUT2D eigenvalue weighted by Gasteiger charge is 2.23. The van der Waals surface area contributed by atoms with Crippen LogP contribution in [0.5, 0.6) is 0 Å². The summed E-state index contributed by atoms with van der Waals surface area (Å²) in [6.45, 7) is 3.82. The molecule has 98 valence electrons. The lowest BCUT2D eigenvalue weighted by Crippen LogP contribution is -2.38. The van der Waals surface area contributed by atoms with Crippen LogP contribution in [0, 0.1) is 5.92 Å².